The number of carboxylic acid groups (broad SMARTS) is 1. The third kappa shape index (κ3) is 7.91. The van der Waals surface area contributed by atoms with Crippen LogP contribution in [-0.2, 0) is 17.6 Å². The van der Waals surface area contributed by atoms with Gasteiger partial charge in [-0.25, -0.2) is 0 Å². The van der Waals surface area contributed by atoms with Crippen LogP contribution in [0.1, 0.15) is 44.7 Å². The number of nitrogens with one attached hydrogen (secondary N) is 2. The Labute approximate surface area is 272 Å². The predicted molar refractivity (Wildman–Crippen MR) is 183 cm³/mol. The number of fused-ring (bicyclic) bond motifs is 6. The van der Waals surface area contributed by atoms with Crippen molar-refractivity contribution in [2.75, 3.05) is 18.5 Å². The van der Waals surface area contributed by atoms with Crippen LogP contribution in [0, 0.1) is 5.92 Å². The zero-order valence-corrected chi connectivity index (χ0v) is 25.8. The van der Waals surface area contributed by atoms with Crippen molar-refractivity contribution in [2.24, 2.45) is 5.92 Å². The van der Waals surface area contributed by atoms with Crippen LogP contribution < -0.4 is 15.4 Å². The maximum Gasteiger partial charge on any atom is 0.306 e. The van der Waals surface area contributed by atoms with E-state index in [1.54, 1.807) is 30.5 Å². The maximum absolute atomic E-state index is 13.1. The highest BCUT2D eigenvalue weighted by Gasteiger charge is 2.18. The van der Waals surface area contributed by atoms with E-state index in [-0.39, 0.29) is 18.4 Å². The molecule has 1 atom stereocenters. The van der Waals surface area contributed by atoms with Gasteiger partial charge in [0, 0.05) is 28.4 Å². The minimum Gasteiger partial charge on any atom is -0.492 e. The molecule has 0 aliphatic rings. The van der Waals surface area contributed by atoms with Crippen LogP contribution in [0.2, 0.25) is 0 Å². The van der Waals surface area contributed by atoms with Gasteiger partial charge in [-0.1, -0.05) is 48.5 Å². The Hall–Kier alpha value is -5.76. The summed E-state index contributed by atoms with van der Waals surface area (Å²) in [5.74, 6) is -1.08. The number of anilines is 1. The summed E-state index contributed by atoms with van der Waals surface area (Å²) in [6, 6.07) is 33.9. The average Bonchev–Trinajstić information content (AvgIpc) is 3.10. The topological polar surface area (TPSA) is 118 Å². The molecule has 0 aliphatic carbocycles. The van der Waals surface area contributed by atoms with Crippen molar-refractivity contribution in [1.82, 2.24) is 10.3 Å². The number of aliphatic carboxylic acids is 1. The van der Waals surface area contributed by atoms with Gasteiger partial charge in [0.2, 0.25) is 0 Å². The van der Waals surface area contributed by atoms with Crippen LogP contribution in [0.5, 0.6) is 5.75 Å². The summed E-state index contributed by atoms with van der Waals surface area (Å²) in [5.41, 5.74) is 4.50. The number of pyridine rings is 1. The summed E-state index contributed by atoms with van der Waals surface area (Å²) in [6.07, 6.45) is 4.50. The van der Waals surface area contributed by atoms with Gasteiger partial charge in [-0.15, -0.1) is 0 Å². The molecule has 6 aromatic rings. The first-order valence-corrected chi connectivity index (χ1v) is 15.7. The van der Waals surface area contributed by atoms with Crippen molar-refractivity contribution in [1.29, 1.82) is 0 Å². The molecule has 0 spiro atoms. The van der Waals surface area contributed by atoms with Crippen molar-refractivity contribution in [2.45, 2.75) is 25.7 Å². The molecule has 0 fully saturated rings. The molecule has 47 heavy (non-hydrogen) atoms. The standard InChI is InChI=1S/C39H35N3O5/c43-37(28-11-14-32(15-12-28)42-38(44)34-18-13-29-24-35(34)36-25-30(29)19-20-40-36)41-21-22-47-33-16-9-27(10-17-33)23-31(39(45)46)8-4-7-26-5-2-1-3-6-26/h1-3,5-6,9-20,24-25,31H,4,7-8,21-23H2,(H,41,43)(H,42,44)(H,45,46). The predicted octanol–water partition coefficient (Wildman–Crippen LogP) is 7.15. The van der Waals surface area contributed by atoms with E-state index in [4.69, 9.17) is 4.74 Å². The first-order valence-electron chi connectivity index (χ1n) is 15.7. The lowest BCUT2D eigenvalue weighted by Crippen LogP contribution is -2.28. The number of amides is 2. The molecule has 1 heterocycles. The molecule has 0 saturated carbocycles. The van der Waals surface area contributed by atoms with Crippen LogP contribution in [0.4, 0.5) is 5.69 Å². The van der Waals surface area contributed by atoms with Crippen molar-refractivity contribution < 1.29 is 24.2 Å². The highest BCUT2D eigenvalue weighted by molar-refractivity contribution is 6.15. The van der Waals surface area contributed by atoms with E-state index >= 15 is 0 Å². The molecule has 5 aromatic carbocycles. The number of carbonyl (C=O) groups is 3. The monoisotopic (exact) mass is 625 g/mol. The first kappa shape index (κ1) is 31.2. The van der Waals surface area contributed by atoms with E-state index in [1.165, 1.54) is 5.56 Å². The van der Waals surface area contributed by atoms with Crippen LogP contribution in [-0.4, -0.2) is 41.0 Å². The number of ether oxygens (including phenoxy) is 1. The van der Waals surface area contributed by atoms with Gasteiger partial charge >= 0.3 is 5.97 Å². The number of carboxylic acids is 1. The van der Waals surface area contributed by atoms with E-state index in [0.29, 0.717) is 42.0 Å². The first-order chi connectivity index (χ1) is 22.9. The van der Waals surface area contributed by atoms with Gasteiger partial charge in [0.25, 0.3) is 11.8 Å². The molecule has 6 rings (SSSR count). The SMILES string of the molecule is O=C(NCCOc1ccc(CC(CCCc2ccccc2)C(=O)O)cc1)c1ccc(NC(=O)c2ccc3cc2c2cc3ccn2)cc1. The molecule has 1 unspecified atom stereocenters. The lowest BCUT2D eigenvalue weighted by atomic mass is 9.93. The molecule has 2 amide bonds. The van der Waals surface area contributed by atoms with Gasteiger partial charge in [0.15, 0.2) is 0 Å². The van der Waals surface area contributed by atoms with Crippen molar-refractivity contribution >= 4 is 45.1 Å². The molecule has 8 nitrogen and oxygen atoms in total. The number of carbonyl (C=O) groups excluding carboxylic acids is 2. The van der Waals surface area contributed by atoms with Crippen LogP contribution in [0.25, 0.3) is 21.7 Å². The van der Waals surface area contributed by atoms with Crippen molar-refractivity contribution in [3.05, 3.63) is 138 Å². The highest BCUT2D eigenvalue weighted by Crippen LogP contribution is 2.27. The molecule has 3 N–H and O–H groups in total. The molecule has 1 aromatic heterocycles. The highest BCUT2D eigenvalue weighted by atomic mass is 16.5. The van der Waals surface area contributed by atoms with Gasteiger partial charge in [0.05, 0.1) is 18.0 Å². The van der Waals surface area contributed by atoms with E-state index in [2.05, 4.69) is 27.8 Å². The van der Waals surface area contributed by atoms with Crippen molar-refractivity contribution in [3.8, 4) is 5.75 Å². The molecule has 236 valence electrons. The smallest absolute Gasteiger partial charge is 0.306 e. The molecule has 0 radical (unpaired) electrons. The quantitative estimate of drug-likeness (QED) is 0.111. The maximum atomic E-state index is 13.1. The van der Waals surface area contributed by atoms with Gasteiger partial charge < -0.3 is 20.5 Å². The second kappa shape index (κ2) is 14.6. The lowest BCUT2D eigenvalue weighted by molar-refractivity contribution is -0.142. The number of hydrogen-bond acceptors (Lipinski definition) is 5. The summed E-state index contributed by atoms with van der Waals surface area (Å²) < 4.78 is 5.78. The van der Waals surface area contributed by atoms with Gasteiger partial charge in [0.1, 0.15) is 12.4 Å². The van der Waals surface area contributed by atoms with E-state index in [1.807, 2.05) is 72.8 Å². The molecule has 0 aliphatic heterocycles. The Balaban J connectivity index is 0.933. The number of aryl methyl sites for hydroxylation is 1. The number of benzene rings is 5. The second-order valence-electron chi connectivity index (χ2n) is 11.6. The third-order valence-electron chi connectivity index (χ3n) is 8.31. The van der Waals surface area contributed by atoms with Crippen LogP contribution in [0.3, 0.4) is 0 Å². The fourth-order valence-corrected chi connectivity index (χ4v) is 5.75. The number of hydrogen-bond donors (Lipinski definition) is 3. The lowest BCUT2D eigenvalue weighted by Gasteiger charge is -2.13. The molecular weight excluding hydrogens is 590 g/mol. The van der Waals surface area contributed by atoms with Gasteiger partial charge in [-0.2, -0.15) is 0 Å². The number of nitrogens with zero attached hydrogens (tertiary/aromatic N) is 1. The van der Waals surface area contributed by atoms with Crippen LogP contribution in [0.15, 0.2) is 115 Å². The van der Waals surface area contributed by atoms with Gasteiger partial charge in [-0.05, 0) is 108 Å². The normalized spacial score (nSPS) is 11.7. The zero-order chi connectivity index (χ0) is 32.6. The Morgan fingerprint density at radius 3 is 2.32 bits per heavy atom. The van der Waals surface area contributed by atoms with E-state index in [0.717, 1.165) is 40.1 Å². The average molecular weight is 626 g/mol. The summed E-state index contributed by atoms with van der Waals surface area (Å²) in [5, 5.41) is 18.4. The molecule has 4 bridgehead atoms. The van der Waals surface area contributed by atoms with Crippen molar-refractivity contribution in [3.63, 3.8) is 0 Å². The number of rotatable bonds is 14. The van der Waals surface area contributed by atoms with Gasteiger partial charge in [-0.3, -0.25) is 19.4 Å². The Bertz CT molecular complexity index is 1980. The summed E-state index contributed by atoms with van der Waals surface area (Å²) >= 11 is 0. The molecule has 0 saturated heterocycles. The molecular formula is C39H35N3O5. The van der Waals surface area contributed by atoms with Crippen LogP contribution >= 0.6 is 0 Å². The van der Waals surface area contributed by atoms with E-state index < -0.39 is 11.9 Å². The summed E-state index contributed by atoms with van der Waals surface area (Å²) in [4.78, 5) is 42.0. The fourth-order valence-electron chi connectivity index (χ4n) is 5.75. The van der Waals surface area contributed by atoms with E-state index in [9.17, 15) is 19.5 Å². The Kier molecular flexibility index (Phi) is 9.67. The Morgan fingerprint density at radius 2 is 1.55 bits per heavy atom. The second-order valence-corrected chi connectivity index (χ2v) is 11.6. The summed E-state index contributed by atoms with van der Waals surface area (Å²) in [6.45, 7) is 0.574. The minimum absolute atomic E-state index is 0.247. The molecule has 8 heteroatoms. The largest absolute Gasteiger partial charge is 0.492 e. The Morgan fingerprint density at radius 1 is 0.787 bits per heavy atom. The summed E-state index contributed by atoms with van der Waals surface area (Å²) in [7, 11) is 0. The fraction of sp³-hybridized carbons (Fsp3) is 0.179. The minimum atomic E-state index is -0.780. The zero-order valence-electron chi connectivity index (χ0n) is 25.8. The number of aromatic nitrogens is 1. The third-order valence-corrected chi connectivity index (χ3v) is 8.31.